The standard InChI is InChI=1S/C26H28N8O2/c1-3-4-7-21-16-34(25-19(17-35)12-13-32(25)2)26(36)33(21)15-20-11-10-18(14-27-20)22-8-5-6-9-23(22)24-28-30-31-29-24/h5-6,8-14,16,35H,3-4,7,15,17H2,1-2H3,(H,28,29,30,31). The number of rotatable bonds is 9. The van der Waals surface area contributed by atoms with Gasteiger partial charge in [-0.3, -0.25) is 14.1 Å². The first-order valence-corrected chi connectivity index (χ1v) is 11.9. The van der Waals surface area contributed by atoms with Gasteiger partial charge in [-0.25, -0.2) is 4.79 Å². The number of hydrogen-bond donors (Lipinski definition) is 2. The molecule has 0 amide bonds. The fourth-order valence-electron chi connectivity index (χ4n) is 4.47. The van der Waals surface area contributed by atoms with Crippen LogP contribution in [0.2, 0.25) is 0 Å². The first-order chi connectivity index (χ1) is 17.6. The molecular weight excluding hydrogens is 456 g/mol. The van der Waals surface area contributed by atoms with E-state index in [9.17, 15) is 9.90 Å². The van der Waals surface area contributed by atoms with Crippen LogP contribution in [0.4, 0.5) is 0 Å². The SMILES string of the molecule is CCCCc1cn(-c2c(CO)ccn2C)c(=O)n1Cc1ccc(-c2ccccc2-c2nn[nH]n2)cn1. The Hall–Kier alpha value is -4.31. The number of pyridine rings is 1. The first kappa shape index (κ1) is 23.4. The molecule has 0 radical (unpaired) electrons. The monoisotopic (exact) mass is 484 g/mol. The van der Waals surface area contributed by atoms with Gasteiger partial charge in [0.2, 0.25) is 5.82 Å². The maximum absolute atomic E-state index is 13.5. The molecule has 0 aliphatic rings. The predicted molar refractivity (Wildman–Crippen MR) is 135 cm³/mol. The highest BCUT2D eigenvalue weighted by Crippen LogP contribution is 2.29. The molecule has 10 heteroatoms. The second-order valence-electron chi connectivity index (χ2n) is 8.72. The first-order valence-electron chi connectivity index (χ1n) is 11.9. The Kier molecular flexibility index (Phi) is 6.59. The van der Waals surface area contributed by atoms with E-state index in [4.69, 9.17) is 0 Å². The van der Waals surface area contributed by atoms with Crippen LogP contribution in [-0.4, -0.2) is 44.4 Å². The average molecular weight is 485 g/mol. The van der Waals surface area contributed by atoms with Crippen LogP contribution >= 0.6 is 0 Å². The average Bonchev–Trinajstić information content (AvgIpc) is 3.64. The van der Waals surface area contributed by atoms with Gasteiger partial charge < -0.3 is 9.67 Å². The Morgan fingerprint density at radius 3 is 2.61 bits per heavy atom. The summed E-state index contributed by atoms with van der Waals surface area (Å²) >= 11 is 0. The third-order valence-corrected chi connectivity index (χ3v) is 6.34. The molecule has 0 aliphatic heterocycles. The highest BCUT2D eigenvalue weighted by molar-refractivity contribution is 5.79. The van der Waals surface area contributed by atoms with Crippen LogP contribution in [0.5, 0.6) is 0 Å². The molecule has 0 fully saturated rings. The normalized spacial score (nSPS) is 11.3. The molecule has 0 unspecified atom stereocenters. The van der Waals surface area contributed by atoms with Gasteiger partial charge >= 0.3 is 5.69 Å². The quantitative estimate of drug-likeness (QED) is 0.332. The van der Waals surface area contributed by atoms with Gasteiger partial charge in [0.05, 0.1) is 18.8 Å². The van der Waals surface area contributed by atoms with Crippen molar-refractivity contribution < 1.29 is 5.11 Å². The number of H-pyrrole nitrogens is 1. The van der Waals surface area contributed by atoms with Crippen molar-refractivity contribution in [2.75, 3.05) is 0 Å². The van der Waals surface area contributed by atoms with E-state index in [0.717, 1.165) is 47.3 Å². The van der Waals surface area contributed by atoms with Crippen LogP contribution in [0.25, 0.3) is 28.3 Å². The summed E-state index contributed by atoms with van der Waals surface area (Å²) < 4.78 is 5.26. The lowest BCUT2D eigenvalue weighted by molar-refractivity contribution is 0.281. The molecule has 10 nitrogen and oxygen atoms in total. The summed E-state index contributed by atoms with van der Waals surface area (Å²) in [5, 5.41) is 24.2. The minimum absolute atomic E-state index is 0.133. The summed E-state index contributed by atoms with van der Waals surface area (Å²) in [4.78, 5) is 18.2. The Morgan fingerprint density at radius 2 is 1.92 bits per heavy atom. The molecule has 4 aromatic heterocycles. The predicted octanol–water partition coefficient (Wildman–Crippen LogP) is 3.10. The van der Waals surface area contributed by atoms with Gasteiger partial charge in [0.15, 0.2) is 0 Å². The number of aliphatic hydroxyl groups excluding tert-OH is 1. The fourth-order valence-corrected chi connectivity index (χ4v) is 4.47. The summed E-state index contributed by atoms with van der Waals surface area (Å²) in [6, 6.07) is 13.6. The molecule has 184 valence electrons. The number of aromatic nitrogens is 8. The number of imidazole rings is 1. The fraction of sp³-hybridized carbons (Fsp3) is 0.269. The van der Waals surface area contributed by atoms with Crippen LogP contribution in [0, 0.1) is 0 Å². The molecule has 2 N–H and O–H groups in total. The molecular formula is C26H28N8O2. The van der Waals surface area contributed by atoms with E-state index in [0.29, 0.717) is 23.8 Å². The number of aromatic amines is 1. The van der Waals surface area contributed by atoms with Crippen molar-refractivity contribution in [1.29, 1.82) is 0 Å². The molecule has 0 bridgehead atoms. The molecule has 5 rings (SSSR count). The van der Waals surface area contributed by atoms with Crippen molar-refractivity contribution in [2.45, 2.75) is 39.3 Å². The van der Waals surface area contributed by atoms with E-state index in [1.165, 1.54) is 0 Å². The number of unbranched alkanes of at least 4 members (excludes halogenated alkanes) is 1. The van der Waals surface area contributed by atoms with E-state index >= 15 is 0 Å². The Morgan fingerprint density at radius 1 is 1.08 bits per heavy atom. The van der Waals surface area contributed by atoms with Gasteiger partial charge in [-0.15, -0.1) is 10.2 Å². The number of hydrogen-bond acceptors (Lipinski definition) is 6. The van der Waals surface area contributed by atoms with Gasteiger partial charge in [0, 0.05) is 48.0 Å². The Labute approximate surface area is 207 Å². The number of aryl methyl sites for hydroxylation is 2. The zero-order chi connectivity index (χ0) is 25.1. The van der Waals surface area contributed by atoms with Crippen molar-refractivity contribution in [1.82, 2.24) is 39.3 Å². The highest BCUT2D eigenvalue weighted by atomic mass is 16.3. The van der Waals surface area contributed by atoms with E-state index in [2.05, 4.69) is 32.5 Å². The molecule has 36 heavy (non-hydrogen) atoms. The lowest BCUT2D eigenvalue weighted by Crippen LogP contribution is -2.26. The molecule has 5 aromatic rings. The van der Waals surface area contributed by atoms with Crippen molar-refractivity contribution in [3.8, 4) is 28.3 Å². The van der Waals surface area contributed by atoms with Crippen LogP contribution in [0.3, 0.4) is 0 Å². The summed E-state index contributed by atoms with van der Waals surface area (Å²) in [5.74, 6) is 1.20. The number of nitrogens with one attached hydrogen (secondary N) is 1. The summed E-state index contributed by atoms with van der Waals surface area (Å²) in [5.41, 5.74) is 5.02. The maximum atomic E-state index is 13.5. The molecule has 0 saturated carbocycles. The zero-order valence-electron chi connectivity index (χ0n) is 20.3. The van der Waals surface area contributed by atoms with Crippen LogP contribution in [0.15, 0.2) is 65.8 Å². The van der Waals surface area contributed by atoms with E-state index < -0.39 is 0 Å². The lowest BCUT2D eigenvalue weighted by atomic mass is 10.0. The number of benzene rings is 1. The largest absolute Gasteiger partial charge is 0.392 e. The van der Waals surface area contributed by atoms with E-state index in [1.807, 2.05) is 72.7 Å². The Bertz CT molecular complexity index is 1510. The molecule has 0 aliphatic carbocycles. The summed E-state index contributed by atoms with van der Waals surface area (Å²) in [7, 11) is 1.87. The zero-order valence-corrected chi connectivity index (χ0v) is 20.3. The number of nitrogens with zero attached hydrogens (tertiary/aromatic N) is 7. The maximum Gasteiger partial charge on any atom is 0.334 e. The number of aliphatic hydroxyl groups is 1. The van der Waals surface area contributed by atoms with Crippen molar-refractivity contribution in [3.05, 3.63) is 88.5 Å². The van der Waals surface area contributed by atoms with Gasteiger partial charge in [0.25, 0.3) is 0 Å². The van der Waals surface area contributed by atoms with Gasteiger partial charge in [0.1, 0.15) is 5.82 Å². The van der Waals surface area contributed by atoms with E-state index in [-0.39, 0.29) is 12.3 Å². The van der Waals surface area contributed by atoms with Gasteiger partial charge in [-0.05, 0) is 35.8 Å². The number of tetrazole rings is 1. The minimum Gasteiger partial charge on any atom is -0.392 e. The minimum atomic E-state index is -0.147. The summed E-state index contributed by atoms with van der Waals surface area (Å²) in [6.45, 7) is 2.36. The van der Waals surface area contributed by atoms with Crippen molar-refractivity contribution in [3.63, 3.8) is 0 Å². The van der Waals surface area contributed by atoms with Crippen LogP contribution in [0.1, 0.15) is 36.7 Å². The van der Waals surface area contributed by atoms with Crippen molar-refractivity contribution >= 4 is 0 Å². The third kappa shape index (κ3) is 4.38. The third-order valence-electron chi connectivity index (χ3n) is 6.34. The highest BCUT2D eigenvalue weighted by Gasteiger charge is 2.18. The van der Waals surface area contributed by atoms with Crippen LogP contribution in [-0.2, 0) is 26.6 Å². The lowest BCUT2D eigenvalue weighted by Gasteiger charge is -2.09. The molecule has 0 spiro atoms. The van der Waals surface area contributed by atoms with Crippen molar-refractivity contribution in [2.24, 2.45) is 7.05 Å². The topological polar surface area (TPSA) is 119 Å². The second kappa shape index (κ2) is 10.1. The van der Waals surface area contributed by atoms with Gasteiger partial charge in [-0.1, -0.05) is 43.7 Å². The molecule has 4 heterocycles. The molecule has 1 aromatic carbocycles. The second-order valence-corrected chi connectivity index (χ2v) is 8.72. The van der Waals surface area contributed by atoms with Gasteiger partial charge in [-0.2, -0.15) is 5.21 Å². The molecule has 0 atom stereocenters. The van der Waals surface area contributed by atoms with E-state index in [1.54, 1.807) is 9.13 Å². The summed E-state index contributed by atoms with van der Waals surface area (Å²) in [6.07, 6.45) is 8.34. The smallest absolute Gasteiger partial charge is 0.334 e. The Balaban J connectivity index is 1.48. The van der Waals surface area contributed by atoms with Crippen LogP contribution < -0.4 is 5.69 Å². The molecule has 0 saturated heterocycles.